The first-order chi connectivity index (χ1) is 7.51. The van der Waals surface area contributed by atoms with Crippen molar-refractivity contribution in [3.05, 3.63) is 15.6 Å². The first kappa shape index (κ1) is 12.1. The normalized spacial score (nSPS) is 30.6. The average molecular weight is 239 g/mol. The summed E-state index contributed by atoms with van der Waals surface area (Å²) >= 11 is 1.74. The van der Waals surface area contributed by atoms with E-state index in [1.807, 2.05) is 6.92 Å². The lowest BCUT2D eigenvalue weighted by Gasteiger charge is -2.37. The van der Waals surface area contributed by atoms with Crippen molar-refractivity contribution in [2.24, 2.45) is 5.92 Å². The summed E-state index contributed by atoms with van der Waals surface area (Å²) in [5, 5.41) is 11.8. The molecule has 1 N–H and O–H groups in total. The molecule has 0 aliphatic heterocycles. The molecule has 0 bridgehead atoms. The van der Waals surface area contributed by atoms with Crippen LogP contribution in [-0.4, -0.2) is 15.7 Å². The monoisotopic (exact) mass is 239 g/mol. The van der Waals surface area contributed by atoms with Crippen LogP contribution in [-0.2, 0) is 6.42 Å². The van der Waals surface area contributed by atoms with Gasteiger partial charge in [-0.25, -0.2) is 4.98 Å². The van der Waals surface area contributed by atoms with E-state index < -0.39 is 5.60 Å². The Bertz CT molecular complexity index is 355. The van der Waals surface area contributed by atoms with Crippen LogP contribution in [0.15, 0.2) is 0 Å². The van der Waals surface area contributed by atoms with Gasteiger partial charge in [-0.15, -0.1) is 11.3 Å². The summed E-state index contributed by atoms with van der Waals surface area (Å²) in [5.41, 5.74) is 0.613. The molecule has 2 rings (SSSR count). The third-order valence-electron chi connectivity index (χ3n) is 3.94. The molecule has 1 aromatic heterocycles. The average Bonchev–Trinajstić information content (AvgIpc) is 2.51. The molecule has 0 amide bonds. The van der Waals surface area contributed by atoms with Crippen molar-refractivity contribution in [1.29, 1.82) is 0 Å². The third-order valence-corrected chi connectivity index (χ3v) is 5.02. The minimum absolute atomic E-state index is 0.408. The molecule has 0 saturated heterocycles. The Kier molecular flexibility index (Phi) is 3.36. The lowest BCUT2D eigenvalue weighted by molar-refractivity contribution is -0.0405. The van der Waals surface area contributed by atoms with Crippen LogP contribution in [0.5, 0.6) is 0 Å². The number of aliphatic hydroxyl groups is 1. The molecule has 2 atom stereocenters. The quantitative estimate of drug-likeness (QED) is 0.859. The van der Waals surface area contributed by atoms with Gasteiger partial charge in [0.05, 0.1) is 16.3 Å². The summed E-state index contributed by atoms with van der Waals surface area (Å²) in [5.74, 6) is 0.408. The highest BCUT2D eigenvalue weighted by Gasteiger charge is 2.36. The smallest absolute Gasteiger partial charge is 0.0959 e. The fourth-order valence-electron chi connectivity index (χ4n) is 2.54. The molecule has 1 saturated carbocycles. The van der Waals surface area contributed by atoms with Crippen molar-refractivity contribution in [2.75, 3.05) is 0 Å². The van der Waals surface area contributed by atoms with Crippen LogP contribution in [0.4, 0.5) is 0 Å². The summed E-state index contributed by atoms with van der Waals surface area (Å²) < 4.78 is 0. The van der Waals surface area contributed by atoms with Gasteiger partial charge in [0, 0.05) is 11.3 Å². The molecule has 1 aliphatic rings. The summed E-state index contributed by atoms with van der Waals surface area (Å²) in [4.78, 5) is 5.82. The maximum Gasteiger partial charge on any atom is 0.0959 e. The van der Waals surface area contributed by atoms with Gasteiger partial charge < -0.3 is 5.11 Å². The van der Waals surface area contributed by atoms with Crippen molar-refractivity contribution in [3.8, 4) is 0 Å². The molecule has 0 spiro atoms. The zero-order valence-electron chi connectivity index (χ0n) is 10.4. The van der Waals surface area contributed by atoms with Crippen LogP contribution in [0, 0.1) is 19.8 Å². The highest BCUT2D eigenvalue weighted by molar-refractivity contribution is 7.11. The largest absolute Gasteiger partial charge is 0.389 e. The highest BCUT2D eigenvalue weighted by Crippen LogP contribution is 2.36. The number of rotatable bonds is 2. The van der Waals surface area contributed by atoms with Gasteiger partial charge in [0.2, 0.25) is 0 Å². The molecule has 1 heterocycles. The maximum absolute atomic E-state index is 10.7. The van der Waals surface area contributed by atoms with Crippen molar-refractivity contribution < 1.29 is 5.11 Å². The molecule has 2 nitrogen and oxygen atoms in total. The minimum atomic E-state index is -0.505. The second-order valence-electron chi connectivity index (χ2n) is 5.18. The van der Waals surface area contributed by atoms with E-state index in [9.17, 15) is 5.11 Å². The van der Waals surface area contributed by atoms with E-state index in [1.54, 1.807) is 11.3 Å². The number of nitrogens with zero attached hydrogens (tertiary/aromatic N) is 1. The molecule has 16 heavy (non-hydrogen) atoms. The zero-order chi connectivity index (χ0) is 11.8. The van der Waals surface area contributed by atoms with Crippen molar-refractivity contribution >= 4 is 11.3 Å². The molecular weight excluding hydrogens is 218 g/mol. The molecule has 1 fully saturated rings. The van der Waals surface area contributed by atoms with Crippen LogP contribution >= 0.6 is 11.3 Å². The number of aromatic nitrogens is 1. The second kappa shape index (κ2) is 4.46. The van der Waals surface area contributed by atoms with E-state index in [0.29, 0.717) is 5.92 Å². The SMILES string of the molecule is Cc1nc(CC2(O)CCCCC2C)sc1C. The van der Waals surface area contributed by atoms with Gasteiger partial charge in [-0.3, -0.25) is 0 Å². The fourth-order valence-corrected chi connectivity index (χ4v) is 3.59. The van der Waals surface area contributed by atoms with Gasteiger partial charge in [0.1, 0.15) is 0 Å². The lowest BCUT2D eigenvalue weighted by atomic mass is 9.75. The third kappa shape index (κ3) is 2.30. The van der Waals surface area contributed by atoms with E-state index in [-0.39, 0.29) is 0 Å². The van der Waals surface area contributed by atoms with Crippen molar-refractivity contribution in [2.45, 2.75) is 58.5 Å². The Morgan fingerprint density at radius 2 is 2.19 bits per heavy atom. The lowest BCUT2D eigenvalue weighted by Crippen LogP contribution is -2.41. The standard InChI is InChI=1S/C13H21NOS/c1-9-6-4-5-7-13(9,15)8-12-14-10(2)11(3)16-12/h9,15H,4-8H2,1-3H3. The predicted molar refractivity (Wildman–Crippen MR) is 67.9 cm³/mol. The summed E-state index contributed by atoms with van der Waals surface area (Å²) in [6.45, 7) is 6.32. The Labute approximate surface area is 102 Å². The molecule has 2 unspecified atom stereocenters. The van der Waals surface area contributed by atoms with Gasteiger partial charge in [0.25, 0.3) is 0 Å². The van der Waals surface area contributed by atoms with Gasteiger partial charge in [-0.05, 0) is 32.6 Å². The van der Waals surface area contributed by atoms with E-state index in [4.69, 9.17) is 0 Å². The van der Waals surface area contributed by atoms with Crippen molar-refractivity contribution in [3.63, 3.8) is 0 Å². The summed E-state index contributed by atoms with van der Waals surface area (Å²) in [6, 6.07) is 0. The van der Waals surface area contributed by atoms with Crippen molar-refractivity contribution in [1.82, 2.24) is 4.98 Å². The number of hydrogen-bond donors (Lipinski definition) is 1. The molecule has 0 aromatic carbocycles. The van der Waals surface area contributed by atoms with Crippen LogP contribution < -0.4 is 0 Å². The Hall–Kier alpha value is -0.410. The van der Waals surface area contributed by atoms with Crippen LogP contribution in [0.25, 0.3) is 0 Å². The summed E-state index contributed by atoms with van der Waals surface area (Å²) in [6.07, 6.45) is 5.25. The molecule has 3 heteroatoms. The molecule has 1 aromatic rings. The maximum atomic E-state index is 10.7. The molecule has 90 valence electrons. The molecule has 0 radical (unpaired) electrons. The molecular formula is C13H21NOS. The van der Waals surface area contributed by atoms with E-state index in [2.05, 4.69) is 18.8 Å². The van der Waals surface area contributed by atoms with Gasteiger partial charge in [-0.1, -0.05) is 19.8 Å². The van der Waals surface area contributed by atoms with Crippen LogP contribution in [0.3, 0.4) is 0 Å². The van der Waals surface area contributed by atoms with E-state index in [1.165, 1.54) is 11.3 Å². The number of hydrogen-bond acceptors (Lipinski definition) is 3. The van der Waals surface area contributed by atoms with E-state index in [0.717, 1.165) is 36.4 Å². The Balaban J connectivity index is 2.13. The van der Waals surface area contributed by atoms with Gasteiger partial charge in [-0.2, -0.15) is 0 Å². The second-order valence-corrected chi connectivity index (χ2v) is 6.46. The first-order valence-electron chi connectivity index (χ1n) is 6.16. The number of thiazole rings is 1. The highest BCUT2D eigenvalue weighted by atomic mass is 32.1. The minimum Gasteiger partial charge on any atom is -0.389 e. The topological polar surface area (TPSA) is 33.1 Å². The van der Waals surface area contributed by atoms with Gasteiger partial charge >= 0.3 is 0 Å². The molecule has 1 aliphatic carbocycles. The Morgan fingerprint density at radius 1 is 1.44 bits per heavy atom. The van der Waals surface area contributed by atoms with Gasteiger partial charge in [0.15, 0.2) is 0 Å². The fraction of sp³-hybridized carbons (Fsp3) is 0.769. The first-order valence-corrected chi connectivity index (χ1v) is 6.98. The van der Waals surface area contributed by atoms with E-state index >= 15 is 0 Å². The Morgan fingerprint density at radius 3 is 2.75 bits per heavy atom. The van der Waals surface area contributed by atoms with Crippen LogP contribution in [0.2, 0.25) is 0 Å². The van der Waals surface area contributed by atoms with Crippen LogP contribution in [0.1, 0.15) is 48.2 Å². The number of aryl methyl sites for hydroxylation is 2. The summed E-state index contributed by atoms with van der Waals surface area (Å²) in [7, 11) is 0. The zero-order valence-corrected chi connectivity index (χ0v) is 11.2. The predicted octanol–water partition coefficient (Wildman–Crippen LogP) is 3.24.